The number of amides is 1. The van der Waals surface area contributed by atoms with Crippen LogP contribution < -0.4 is 24.1 Å². The standard InChI is InChI=1S/C16H17NO7S/c1-21-10-4-6-12(16(17)18)14(8-10)24-25(19,20)15-9-11(22-2)5-7-13(15)23-3/h4-9H,1-3H3,(H2,17,18). The van der Waals surface area contributed by atoms with Gasteiger partial charge in [-0.3, -0.25) is 4.79 Å². The zero-order valence-corrected chi connectivity index (χ0v) is 14.6. The lowest BCUT2D eigenvalue weighted by Gasteiger charge is -2.14. The number of methoxy groups -OCH3 is 3. The first-order valence-electron chi connectivity index (χ1n) is 6.96. The molecule has 0 saturated heterocycles. The van der Waals surface area contributed by atoms with Crippen LogP contribution in [-0.4, -0.2) is 35.7 Å². The Balaban J connectivity index is 2.54. The summed E-state index contributed by atoms with van der Waals surface area (Å²) in [7, 11) is -0.231. The summed E-state index contributed by atoms with van der Waals surface area (Å²) in [6, 6.07) is 8.25. The minimum atomic E-state index is -4.34. The van der Waals surface area contributed by atoms with E-state index >= 15 is 0 Å². The van der Waals surface area contributed by atoms with Gasteiger partial charge in [0.1, 0.15) is 17.2 Å². The molecule has 0 bridgehead atoms. The molecule has 0 unspecified atom stereocenters. The van der Waals surface area contributed by atoms with Crippen molar-refractivity contribution >= 4 is 16.0 Å². The zero-order valence-electron chi connectivity index (χ0n) is 13.8. The van der Waals surface area contributed by atoms with Crippen molar-refractivity contribution in [3.8, 4) is 23.0 Å². The van der Waals surface area contributed by atoms with E-state index in [4.69, 9.17) is 24.1 Å². The van der Waals surface area contributed by atoms with Gasteiger partial charge in [0, 0.05) is 12.1 Å². The van der Waals surface area contributed by atoms with E-state index in [2.05, 4.69) is 0 Å². The van der Waals surface area contributed by atoms with Crippen LogP contribution >= 0.6 is 0 Å². The van der Waals surface area contributed by atoms with Crippen LogP contribution in [0.2, 0.25) is 0 Å². The topological polar surface area (TPSA) is 114 Å². The number of hydrogen-bond acceptors (Lipinski definition) is 7. The Bertz CT molecular complexity index is 893. The van der Waals surface area contributed by atoms with Crippen LogP contribution in [-0.2, 0) is 10.1 Å². The summed E-state index contributed by atoms with van der Waals surface area (Å²) in [6.45, 7) is 0. The van der Waals surface area contributed by atoms with Crippen molar-refractivity contribution in [1.82, 2.24) is 0 Å². The number of hydrogen-bond donors (Lipinski definition) is 1. The summed E-state index contributed by atoms with van der Waals surface area (Å²) in [4.78, 5) is 11.3. The second-order valence-corrected chi connectivity index (χ2v) is 6.30. The van der Waals surface area contributed by atoms with Crippen molar-refractivity contribution in [2.45, 2.75) is 4.90 Å². The van der Waals surface area contributed by atoms with Gasteiger partial charge in [0.25, 0.3) is 5.91 Å². The molecular formula is C16H17NO7S. The van der Waals surface area contributed by atoms with Crippen molar-refractivity contribution in [3.63, 3.8) is 0 Å². The second-order valence-electron chi connectivity index (χ2n) is 4.78. The van der Waals surface area contributed by atoms with Crippen LogP contribution in [0, 0.1) is 0 Å². The van der Waals surface area contributed by atoms with Crippen LogP contribution in [0.3, 0.4) is 0 Å². The highest BCUT2D eigenvalue weighted by Gasteiger charge is 2.25. The lowest BCUT2D eigenvalue weighted by atomic mass is 10.2. The Kier molecular flexibility index (Phi) is 5.38. The molecule has 2 N–H and O–H groups in total. The highest BCUT2D eigenvalue weighted by molar-refractivity contribution is 7.87. The first-order valence-corrected chi connectivity index (χ1v) is 8.37. The molecule has 0 fully saturated rings. The van der Waals surface area contributed by atoms with Crippen LogP contribution in [0.5, 0.6) is 23.0 Å². The fourth-order valence-corrected chi connectivity index (χ4v) is 3.17. The Morgan fingerprint density at radius 3 is 2.04 bits per heavy atom. The lowest BCUT2D eigenvalue weighted by molar-refractivity contribution is 0.0999. The van der Waals surface area contributed by atoms with Gasteiger partial charge in [-0.25, -0.2) is 0 Å². The summed E-state index contributed by atoms with van der Waals surface area (Å²) in [6.07, 6.45) is 0. The molecule has 25 heavy (non-hydrogen) atoms. The fraction of sp³-hybridized carbons (Fsp3) is 0.188. The van der Waals surface area contributed by atoms with Gasteiger partial charge in [-0.05, 0) is 24.3 Å². The van der Waals surface area contributed by atoms with Crippen molar-refractivity contribution in [2.75, 3.05) is 21.3 Å². The molecule has 0 aromatic heterocycles. The first kappa shape index (κ1) is 18.4. The maximum atomic E-state index is 12.7. The molecule has 0 aliphatic carbocycles. The molecule has 8 nitrogen and oxygen atoms in total. The number of nitrogens with two attached hydrogens (primary N) is 1. The smallest absolute Gasteiger partial charge is 0.343 e. The Morgan fingerprint density at radius 1 is 0.880 bits per heavy atom. The number of carbonyl (C=O) groups is 1. The maximum absolute atomic E-state index is 12.7. The SMILES string of the molecule is COc1ccc(C(N)=O)c(OS(=O)(=O)c2cc(OC)ccc2OC)c1. The lowest BCUT2D eigenvalue weighted by Crippen LogP contribution is -2.17. The molecule has 0 radical (unpaired) electrons. The molecule has 0 aliphatic heterocycles. The zero-order chi connectivity index (χ0) is 18.6. The summed E-state index contributed by atoms with van der Waals surface area (Å²) in [5.74, 6) is -0.442. The molecule has 0 saturated carbocycles. The molecule has 0 aliphatic rings. The molecule has 134 valence electrons. The van der Waals surface area contributed by atoms with Gasteiger partial charge in [0.2, 0.25) is 0 Å². The predicted octanol–water partition coefficient (Wildman–Crippen LogP) is 1.58. The Morgan fingerprint density at radius 2 is 1.48 bits per heavy atom. The van der Waals surface area contributed by atoms with E-state index in [0.29, 0.717) is 11.5 Å². The summed E-state index contributed by atoms with van der Waals surface area (Å²) >= 11 is 0. The van der Waals surface area contributed by atoms with E-state index < -0.39 is 16.0 Å². The third kappa shape index (κ3) is 3.94. The normalized spacial score (nSPS) is 10.8. The quantitative estimate of drug-likeness (QED) is 0.739. The first-order chi connectivity index (χ1) is 11.8. The van der Waals surface area contributed by atoms with Crippen LogP contribution in [0.25, 0.3) is 0 Å². The number of rotatable bonds is 7. The molecule has 0 atom stereocenters. The molecule has 2 aromatic carbocycles. The second kappa shape index (κ2) is 7.31. The van der Waals surface area contributed by atoms with Gasteiger partial charge in [-0.15, -0.1) is 0 Å². The largest absolute Gasteiger partial charge is 0.497 e. The van der Waals surface area contributed by atoms with Crippen molar-refractivity contribution < 1.29 is 31.6 Å². The Labute approximate surface area is 145 Å². The third-order valence-electron chi connectivity index (χ3n) is 3.29. The summed E-state index contributed by atoms with van der Waals surface area (Å²) in [5, 5.41) is 0. The maximum Gasteiger partial charge on any atom is 0.343 e. The number of benzene rings is 2. The van der Waals surface area contributed by atoms with Gasteiger partial charge in [0.15, 0.2) is 10.6 Å². The Hall–Kier alpha value is -2.94. The highest BCUT2D eigenvalue weighted by Crippen LogP contribution is 2.32. The van der Waals surface area contributed by atoms with E-state index in [1.807, 2.05) is 0 Å². The average molecular weight is 367 g/mol. The fourth-order valence-electron chi connectivity index (χ4n) is 2.04. The van der Waals surface area contributed by atoms with Crippen LogP contribution in [0.1, 0.15) is 10.4 Å². The van der Waals surface area contributed by atoms with Gasteiger partial charge in [0.05, 0.1) is 26.9 Å². The van der Waals surface area contributed by atoms with Crippen molar-refractivity contribution in [1.29, 1.82) is 0 Å². The van der Waals surface area contributed by atoms with E-state index in [1.54, 1.807) is 0 Å². The average Bonchev–Trinajstić information content (AvgIpc) is 2.60. The third-order valence-corrected chi connectivity index (χ3v) is 4.55. The number of primary amides is 1. The summed E-state index contributed by atoms with van der Waals surface area (Å²) in [5.41, 5.74) is 5.16. The molecular weight excluding hydrogens is 350 g/mol. The molecule has 0 spiro atoms. The molecule has 1 amide bonds. The minimum Gasteiger partial charge on any atom is -0.497 e. The van der Waals surface area contributed by atoms with E-state index in [1.165, 1.54) is 57.7 Å². The van der Waals surface area contributed by atoms with Crippen molar-refractivity contribution in [3.05, 3.63) is 42.0 Å². The number of ether oxygens (including phenoxy) is 3. The van der Waals surface area contributed by atoms with Gasteiger partial charge < -0.3 is 24.1 Å². The minimum absolute atomic E-state index is 0.0596. The molecule has 9 heteroatoms. The van der Waals surface area contributed by atoms with Gasteiger partial charge >= 0.3 is 10.1 Å². The van der Waals surface area contributed by atoms with Gasteiger partial charge in [-0.1, -0.05) is 0 Å². The molecule has 2 aromatic rings. The number of carbonyl (C=O) groups excluding carboxylic acids is 1. The molecule has 2 rings (SSSR count). The van der Waals surface area contributed by atoms with Crippen molar-refractivity contribution in [2.24, 2.45) is 5.73 Å². The van der Waals surface area contributed by atoms with Crippen LogP contribution in [0.15, 0.2) is 41.3 Å². The van der Waals surface area contributed by atoms with Crippen LogP contribution in [0.4, 0.5) is 0 Å². The summed E-state index contributed by atoms with van der Waals surface area (Å²) < 4.78 is 45.6. The highest BCUT2D eigenvalue weighted by atomic mass is 32.2. The van der Waals surface area contributed by atoms with E-state index in [-0.39, 0.29) is 22.0 Å². The monoisotopic (exact) mass is 367 g/mol. The molecule has 0 heterocycles. The van der Waals surface area contributed by atoms with E-state index in [0.717, 1.165) is 0 Å². The van der Waals surface area contributed by atoms with E-state index in [9.17, 15) is 13.2 Å². The van der Waals surface area contributed by atoms with Gasteiger partial charge in [-0.2, -0.15) is 8.42 Å². The predicted molar refractivity (Wildman–Crippen MR) is 88.9 cm³/mol.